The lowest BCUT2D eigenvalue weighted by atomic mass is 10.1. The van der Waals surface area contributed by atoms with E-state index >= 15 is 0 Å². The second-order valence-electron chi connectivity index (χ2n) is 5.41. The molecule has 0 radical (unpaired) electrons. The molecule has 1 aliphatic rings. The van der Waals surface area contributed by atoms with Crippen molar-refractivity contribution < 1.29 is 13.2 Å². The van der Waals surface area contributed by atoms with Crippen LogP contribution in [0, 0.1) is 0 Å². The number of aromatic nitrogens is 3. The molecule has 0 amide bonds. The van der Waals surface area contributed by atoms with E-state index in [1.54, 1.807) is 15.9 Å². The van der Waals surface area contributed by atoms with Crippen molar-refractivity contribution in [2.24, 2.45) is 0 Å². The Kier molecular flexibility index (Phi) is 4.90. The van der Waals surface area contributed by atoms with Crippen LogP contribution in [0.4, 0.5) is 0 Å². The van der Waals surface area contributed by atoms with Crippen molar-refractivity contribution in [3.05, 3.63) is 28.7 Å². The zero-order chi connectivity index (χ0) is 15.4. The molecule has 0 aromatic carbocycles. The van der Waals surface area contributed by atoms with Crippen LogP contribution in [0.3, 0.4) is 0 Å². The molecule has 3 heterocycles. The zero-order valence-electron chi connectivity index (χ0n) is 12.2. The average molecular weight is 341 g/mol. The Morgan fingerprint density at radius 3 is 3.05 bits per heavy atom. The van der Waals surface area contributed by atoms with Crippen molar-refractivity contribution in [3.63, 3.8) is 0 Å². The molecule has 8 heteroatoms. The van der Waals surface area contributed by atoms with Gasteiger partial charge in [0, 0.05) is 18.0 Å². The van der Waals surface area contributed by atoms with E-state index in [1.807, 2.05) is 17.5 Å². The first-order chi connectivity index (χ1) is 10.6. The van der Waals surface area contributed by atoms with E-state index in [1.165, 1.54) is 11.2 Å². The summed E-state index contributed by atoms with van der Waals surface area (Å²) in [5.41, 5.74) is 0. The SMILES string of the molecule is O=S(=O)(C[C@H]1CCCCO1)c1nncn1CCc1cccs1. The maximum absolute atomic E-state index is 12.5. The van der Waals surface area contributed by atoms with E-state index in [4.69, 9.17) is 4.74 Å². The van der Waals surface area contributed by atoms with Crippen molar-refractivity contribution in [3.8, 4) is 0 Å². The summed E-state index contributed by atoms with van der Waals surface area (Å²) in [5, 5.41) is 9.67. The number of hydrogen-bond donors (Lipinski definition) is 0. The summed E-state index contributed by atoms with van der Waals surface area (Å²) in [6, 6.07) is 4.03. The minimum Gasteiger partial charge on any atom is -0.377 e. The Balaban J connectivity index is 1.69. The summed E-state index contributed by atoms with van der Waals surface area (Å²) in [7, 11) is -3.47. The molecule has 6 nitrogen and oxygen atoms in total. The standard InChI is InChI=1S/C14H19N3O3S2/c18-22(19,10-12-4-1-2-8-20-12)14-16-15-11-17(14)7-6-13-5-3-9-21-13/h3,5,9,11-12H,1-2,4,6-8,10H2/t12-/m1/s1. The van der Waals surface area contributed by atoms with Crippen LogP contribution in [0.5, 0.6) is 0 Å². The summed E-state index contributed by atoms with van der Waals surface area (Å²) in [4.78, 5) is 1.22. The van der Waals surface area contributed by atoms with Crippen LogP contribution in [0.25, 0.3) is 0 Å². The molecule has 2 aromatic rings. The second kappa shape index (κ2) is 6.89. The predicted molar refractivity (Wildman–Crippen MR) is 83.7 cm³/mol. The minimum atomic E-state index is -3.47. The Morgan fingerprint density at radius 2 is 2.32 bits per heavy atom. The fourth-order valence-corrected chi connectivity index (χ4v) is 4.85. The molecule has 1 saturated heterocycles. The van der Waals surface area contributed by atoms with Crippen molar-refractivity contribution in [2.45, 2.75) is 43.5 Å². The Bertz CT molecular complexity index is 689. The predicted octanol–water partition coefficient (Wildman–Crippen LogP) is 1.93. The Hall–Kier alpha value is -1.25. The summed E-state index contributed by atoms with van der Waals surface area (Å²) < 4.78 is 32.2. The molecule has 3 rings (SSSR count). The van der Waals surface area contributed by atoms with Crippen molar-refractivity contribution in [2.75, 3.05) is 12.4 Å². The van der Waals surface area contributed by atoms with Crippen LogP contribution in [0.1, 0.15) is 24.1 Å². The Morgan fingerprint density at radius 1 is 1.41 bits per heavy atom. The largest absolute Gasteiger partial charge is 0.377 e. The monoisotopic (exact) mass is 341 g/mol. The van der Waals surface area contributed by atoms with Crippen molar-refractivity contribution in [1.82, 2.24) is 14.8 Å². The van der Waals surface area contributed by atoms with E-state index in [0.29, 0.717) is 13.2 Å². The fraction of sp³-hybridized carbons (Fsp3) is 0.571. The molecule has 2 aromatic heterocycles. The van der Waals surface area contributed by atoms with Gasteiger partial charge in [-0.25, -0.2) is 8.42 Å². The van der Waals surface area contributed by atoms with Gasteiger partial charge < -0.3 is 9.30 Å². The third-order valence-corrected chi connectivity index (χ3v) is 6.34. The molecule has 1 fully saturated rings. The molecule has 1 atom stereocenters. The van der Waals surface area contributed by atoms with Crippen LogP contribution in [-0.2, 0) is 27.5 Å². The molecular formula is C14H19N3O3S2. The van der Waals surface area contributed by atoms with Gasteiger partial charge in [0.05, 0.1) is 11.9 Å². The summed E-state index contributed by atoms with van der Waals surface area (Å²) in [6.07, 6.45) is 4.86. The Labute approximate surface area is 134 Å². The lowest BCUT2D eigenvalue weighted by Gasteiger charge is -2.22. The molecule has 120 valence electrons. The quantitative estimate of drug-likeness (QED) is 0.802. The summed E-state index contributed by atoms with van der Waals surface area (Å²) >= 11 is 1.66. The topological polar surface area (TPSA) is 74.1 Å². The van der Waals surface area contributed by atoms with Crippen LogP contribution in [0.15, 0.2) is 29.0 Å². The molecule has 0 unspecified atom stereocenters. The third kappa shape index (κ3) is 3.74. The van der Waals surface area contributed by atoms with E-state index in [9.17, 15) is 8.42 Å². The van der Waals surface area contributed by atoms with Gasteiger partial charge in [0.25, 0.3) is 0 Å². The lowest BCUT2D eigenvalue weighted by molar-refractivity contribution is 0.0304. The maximum Gasteiger partial charge on any atom is 0.249 e. The van der Waals surface area contributed by atoms with E-state index in [0.717, 1.165) is 25.7 Å². The van der Waals surface area contributed by atoms with Crippen LogP contribution >= 0.6 is 11.3 Å². The molecule has 22 heavy (non-hydrogen) atoms. The minimum absolute atomic E-state index is 0.00923. The first-order valence-corrected chi connectivity index (χ1v) is 9.93. The number of nitrogens with zero attached hydrogens (tertiary/aromatic N) is 3. The number of sulfone groups is 1. The molecular weight excluding hydrogens is 322 g/mol. The normalized spacial score (nSPS) is 19.4. The molecule has 0 spiro atoms. The fourth-order valence-electron chi connectivity index (χ4n) is 2.58. The van der Waals surface area contributed by atoms with Crippen molar-refractivity contribution >= 4 is 21.2 Å². The number of aryl methyl sites for hydroxylation is 2. The number of thiophene rings is 1. The zero-order valence-corrected chi connectivity index (χ0v) is 13.9. The number of hydrogen-bond acceptors (Lipinski definition) is 6. The highest BCUT2D eigenvalue weighted by atomic mass is 32.2. The van der Waals surface area contributed by atoms with Gasteiger partial charge in [-0.3, -0.25) is 0 Å². The highest BCUT2D eigenvalue weighted by molar-refractivity contribution is 7.91. The third-order valence-electron chi connectivity index (χ3n) is 3.72. The van der Waals surface area contributed by atoms with Gasteiger partial charge in [-0.1, -0.05) is 6.07 Å². The molecule has 0 aliphatic carbocycles. The first-order valence-electron chi connectivity index (χ1n) is 7.40. The lowest BCUT2D eigenvalue weighted by Crippen LogP contribution is -2.29. The molecule has 0 saturated carbocycles. The van der Waals surface area contributed by atoms with Gasteiger partial charge in [-0.05, 0) is 37.1 Å². The smallest absolute Gasteiger partial charge is 0.249 e. The molecule has 1 aliphatic heterocycles. The van der Waals surface area contributed by atoms with Crippen LogP contribution in [0.2, 0.25) is 0 Å². The van der Waals surface area contributed by atoms with Gasteiger partial charge in [0.2, 0.25) is 15.0 Å². The number of rotatable bonds is 6. The van der Waals surface area contributed by atoms with Gasteiger partial charge in [-0.2, -0.15) is 0 Å². The van der Waals surface area contributed by atoms with E-state index in [2.05, 4.69) is 10.2 Å². The van der Waals surface area contributed by atoms with E-state index < -0.39 is 9.84 Å². The first kappa shape index (κ1) is 15.6. The van der Waals surface area contributed by atoms with Crippen molar-refractivity contribution in [1.29, 1.82) is 0 Å². The highest BCUT2D eigenvalue weighted by Crippen LogP contribution is 2.18. The highest BCUT2D eigenvalue weighted by Gasteiger charge is 2.27. The molecule has 0 bridgehead atoms. The van der Waals surface area contributed by atoms with Gasteiger partial charge in [0.1, 0.15) is 6.33 Å². The maximum atomic E-state index is 12.5. The van der Waals surface area contributed by atoms with Gasteiger partial charge in [0.15, 0.2) is 0 Å². The van der Waals surface area contributed by atoms with Crippen LogP contribution < -0.4 is 0 Å². The molecule has 0 N–H and O–H groups in total. The second-order valence-corrected chi connectivity index (χ2v) is 8.37. The number of ether oxygens (including phenoxy) is 1. The van der Waals surface area contributed by atoms with E-state index in [-0.39, 0.29) is 17.0 Å². The van der Waals surface area contributed by atoms with Gasteiger partial charge in [-0.15, -0.1) is 21.5 Å². The van der Waals surface area contributed by atoms with Gasteiger partial charge >= 0.3 is 0 Å². The van der Waals surface area contributed by atoms with Crippen LogP contribution in [-0.4, -0.2) is 41.6 Å². The summed E-state index contributed by atoms with van der Waals surface area (Å²) in [6.45, 7) is 1.21. The average Bonchev–Trinajstić information content (AvgIpc) is 3.17. The summed E-state index contributed by atoms with van der Waals surface area (Å²) in [5.74, 6) is -0.00923.